The van der Waals surface area contributed by atoms with Crippen LogP contribution in [-0.2, 0) is 28.7 Å². The van der Waals surface area contributed by atoms with E-state index in [0.717, 1.165) is 0 Å². The van der Waals surface area contributed by atoms with Crippen LogP contribution >= 0.6 is 0 Å². The number of rotatable bonds is 6. The van der Waals surface area contributed by atoms with Gasteiger partial charge in [-0.25, -0.2) is 0 Å². The molecule has 0 aromatic rings. The lowest BCUT2D eigenvalue weighted by Crippen LogP contribution is -2.70. The predicted octanol–water partition coefficient (Wildman–Crippen LogP) is 3.77. The molecule has 5 atom stereocenters. The smallest absolute Gasteiger partial charge is 0.313 e. The number of aliphatic hydroxyl groups is 2. The summed E-state index contributed by atoms with van der Waals surface area (Å²) < 4.78 is 12.5. The Bertz CT molecular complexity index is 1040. The second-order valence-electron chi connectivity index (χ2n) is 16.6. The highest BCUT2D eigenvalue weighted by atomic mass is 16.7. The zero-order valence-corrected chi connectivity index (χ0v) is 27.3. The molecule has 4 fully saturated rings. The largest absolute Gasteiger partial charge is 0.458 e. The summed E-state index contributed by atoms with van der Waals surface area (Å²) in [5.74, 6) is -0.723. The van der Waals surface area contributed by atoms with Gasteiger partial charge < -0.3 is 19.7 Å². The van der Waals surface area contributed by atoms with Crippen molar-refractivity contribution in [1.29, 1.82) is 0 Å². The van der Waals surface area contributed by atoms with Crippen molar-refractivity contribution in [2.24, 2.45) is 17.3 Å². The zero-order valence-electron chi connectivity index (χ0n) is 27.3. The molecule has 3 aliphatic heterocycles. The summed E-state index contributed by atoms with van der Waals surface area (Å²) in [4.78, 5) is 40.2. The fourth-order valence-corrected chi connectivity index (χ4v) is 8.44. The first-order chi connectivity index (χ1) is 18.4. The van der Waals surface area contributed by atoms with Crippen LogP contribution in [0, 0.1) is 17.3 Å². The minimum Gasteiger partial charge on any atom is -0.458 e. The van der Waals surface area contributed by atoms with E-state index in [1.54, 1.807) is 27.7 Å². The fraction of sp³-hybridized carbons (Fsp3) is 0.935. The van der Waals surface area contributed by atoms with Crippen molar-refractivity contribution in [2.75, 3.05) is 13.2 Å². The number of hydroxylamine groups is 4. The fourth-order valence-electron chi connectivity index (χ4n) is 8.44. The Labute approximate surface area is 245 Å². The molecule has 5 unspecified atom stereocenters. The van der Waals surface area contributed by atoms with Crippen LogP contribution in [-0.4, -0.2) is 91.1 Å². The number of nitrogens with zero attached hydrogens (tertiary/aromatic N) is 2. The maximum atomic E-state index is 14.4. The van der Waals surface area contributed by atoms with Crippen LogP contribution < -0.4 is 0 Å². The molecule has 0 amide bonds. The number of esters is 2. The van der Waals surface area contributed by atoms with Crippen molar-refractivity contribution in [3.05, 3.63) is 0 Å². The molecule has 0 aromatic carbocycles. The maximum absolute atomic E-state index is 14.4. The lowest BCUT2D eigenvalue weighted by Gasteiger charge is -2.56. The van der Waals surface area contributed by atoms with E-state index in [4.69, 9.17) is 19.1 Å². The molecule has 4 rings (SSSR count). The van der Waals surface area contributed by atoms with Crippen molar-refractivity contribution >= 4 is 11.9 Å². The van der Waals surface area contributed by atoms with Gasteiger partial charge in [-0.2, -0.15) is 10.1 Å². The van der Waals surface area contributed by atoms with Crippen LogP contribution in [0.5, 0.6) is 0 Å². The summed E-state index contributed by atoms with van der Waals surface area (Å²) in [5.41, 5.74) is -5.35. The molecule has 3 saturated heterocycles. The van der Waals surface area contributed by atoms with Crippen molar-refractivity contribution in [3.63, 3.8) is 0 Å². The zero-order chi connectivity index (χ0) is 31.2. The van der Waals surface area contributed by atoms with E-state index in [-0.39, 0.29) is 43.4 Å². The third kappa shape index (κ3) is 5.81. The summed E-state index contributed by atoms with van der Waals surface area (Å²) in [6.45, 7) is 23.1. The van der Waals surface area contributed by atoms with Crippen molar-refractivity contribution in [1.82, 2.24) is 10.1 Å². The molecule has 10 nitrogen and oxygen atoms in total. The summed E-state index contributed by atoms with van der Waals surface area (Å²) in [7, 11) is 0. The van der Waals surface area contributed by atoms with Crippen LogP contribution in [0.3, 0.4) is 0 Å². The average Bonchev–Trinajstić information content (AvgIpc) is 3.38. The first-order valence-corrected chi connectivity index (χ1v) is 15.1. The summed E-state index contributed by atoms with van der Waals surface area (Å²) in [5, 5.41) is 24.5. The third-order valence-corrected chi connectivity index (χ3v) is 9.60. The molecule has 0 bridgehead atoms. The van der Waals surface area contributed by atoms with E-state index in [0.29, 0.717) is 19.3 Å². The molecular formula is C31H54N2O8. The molecule has 10 heteroatoms. The number of fused-ring (bicyclic) bond motifs is 4. The Balaban J connectivity index is 1.68. The predicted molar refractivity (Wildman–Crippen MR) is 152 cm³/mol. The van der Waals surface area contributed by atoms with Gasteiger partial charge in [-0.15, -0.1) is 0 Å². The summed E-state index contributed by atoms with van der Waals surface area (Å²) in [6, 6.07) is 0. The number of hydrogen-bond acceptors (Lipinski definition) is 10. The molecule has 0 radical (unpaired) electrons. The quantitative estimate of drug-likeness (QED) is 0.448. The van der Waals surface area contributed by atoms with Crippen LogP contribution in [0.15, 0.2) is 0 Å². The molecule has 1 spiro atoms. The number of carbonyl (C=O) groups excluding carboxylic acids is 2. The summed E-state index contributed by atoms with van der Waals surface area (Å²) >= 11 is 0. The normalized spacial score (nSPS) is 36.7. The highest BCUT2D eigenvalue weighted by molar-refractivity contribution is 5.84. The van der Waals surface area contributed by atoms with E-state index >= 15 is 0 Å². The Morgan fingerprint density at radius 1 is 0.805 bits per heavy atom. The van der Waals surface area contributed by atoms with E-state index < -0.39 is 51.0 Å². The van der Waals surface area contributed by atoms with Gasteiger partial charge in [0.2, 0.25) is 0 Å². The molecule has 0 aromatic heterocycles. The first kappa shape index (κ1) is 32.6. The average molecular weight is 583 g/mol. The topological polar surface area (TPSA) is 118 Å². The highest BCUT2D eigenvalue weighted by Gasteiger charge is 2.79. The van der Waals surface area contributed by atoms with E-state index in [1.807, 2.05) is 37.8 Å². The minimum absolute atomic E-state index is 0.0111. The van der Waals surface area contributed by atoms with Gasteiger partial charge >= 0.3 is 11.9 Å². The van der Waals surface area contributed by atoms with Gasteiger partial charge in [-0.05, 0) is 108 Å². The van der Waals surface area contributed by atoms with Gasteiger partial charge in [0, 0.05) is 29.5 Å². The molecule has 3 heterocycles. The first-order valence-electron chi connectivity index (χ1n) is 15.1. The Hall–Kier alpha value is -1.30. The molecule has 1 saturated carbocycles. The third-order valence-electron chi connectivity index (χ3n) is 9.60. The van der Waals surface area contributed by atoms with Crippen LogP contribution in [0.4, 0.5) is 0 Å². The van der Waals surface area contributed by atoms with E-state index in [2.05, 4.69) is 27.7 Å². The lowest BCUT2D eigenvalue weighted by molar-refractivity contribution is -0.331. The highest BCUT2D eigenvalue weighted by Crippen LogP contribution is 2.73. The molecule has 1 aliphatic carbocycles. The van der Waals surface area contributed by atoms with Gasteiger partial charge in [-0.3, -0.25) is 19.3 Å². The SMILES string of the molecule is CC(C)(O)CON1C(C)(C)CC2OC(=O)CCC3(C(=O)OC2C1(C)C)C1CC(C)(C)N(OCC(C)(C)O)C(C)(C)C13. The molecule has 41 heavy (non-hydrogen) atoms. The van der Waals surface area contributed by atoms with Gasteiger partial charge in [0.1, 0.15) is 6.10 Å². The molecule has 2 N–H and O–H groups in total. The molecule has 236 valence electrons. The van der Waals surface area contributed by atoms with Gasteiger partial charge in [0.05, 0.1) is 35.4 Å². The van der Waals surface area contributed by atoms with Gasteiger partial charge in [0.15, 0.2) is 6.10 Å². The van der Waals surface area contributed by atoms with Crippen molar-refractivity contribution < 1.29 is 39.0 Å². The summed E-state index contributed by atoms with van der Waals surface area (Å²) in [6.07, 6.45) is 0.161. The van der Waals surface area contributed by atoms with Gasteiger partial charge in [0.25, 0.3) is 0 Å². The second kappa shape index (κ2) is 9.86. The lowest BCUT2D eigenvalue weighted by atomic mass is 9.77. The number of hydrogen-bond donors (Lipinski definition) is 2. The van der Waals surface area contributed by atoms with Gasteiger partial charge in [-0.1, -0.05) is 0 Å². The second-order valence-corrected chi connectivity index (χ2v) is 16.6. The van der Waals surface area contributed by atoms with Crippen LogP contribution in [0.25, 0.3) is 0 Å². The van der Waals surface area contributed by atoms with E-state index in [9.17, 15) is 19.8 Å². The Kier molecular flexibility index (Phi) is 7.84. The van der Waals surface area contributed by atoms with E-state index in [1.165, 1.54) is 0 Å². The standard InChI is InChI=1S/C31H54N2O8/c1-25(2)15-19-22(29(9,10)32(25)38-17-27(5,6)36)31(19)14-13-21(34)40-20-16-26(3,4)33(39-18-28(7,8)37)30(11,12)23(20)41-24(31)35/h19-20,22-23,36-37H,13-18H2,1-12H3. The number of ether oxygens (including phenoxy) is 2. The minimum atomic E-state index is -1.06. The van der Waals surface area contributed by atoms with Crippen LogP contribution in [0.1, 0.15) is 109 Å². The molecule has 4 aliphatic rings. The Morgan fingerprint density at radius 2 is 1.29 bits per heavy atom. The molecular weight excluding hydrogens is 528 g/mol. The van der Waals surface area contributed by atoms with Crippen molar-refractivity contribution in [2.45, 2.75) is 154 Å². The van der Waals surface area contributed by atoms with Crippen LogP contribution in [0.2, 0.25) is 0 Å². The number of carbonyl (C=O) groups is 2. The number of piperidine rings is 2. The Morgan fingerprint density at radius 3 is 1.80 bits per heavy atom. The van der Waals surface area contributed by atoms with Crippen molar-refractivity contribution in [3.8, 4) is 0 Å². The maximum Gasteiger partial charge on any atom is 0.313 e. The monoisotopic (exact) mass is 582 g/mol.